The lowest BCUT2D eigenvalue weighted by Crippen LogP contribution is -2.49. The number of aryl methyl sites for hydroxylation is 1. The van der Waals surface area contributed by atoms with Crippen LogP contribution < -0.4 is 15.4 Å². The molecule has 8 heteroatoms. The zero-order valence-corrected chi connectivity index (χ0v) is 18.2. The van der Waals surface area contributed by atoms with Gasteiger partial charge in [-0.15, -0.1) is 0 Å². The lowest BCUT2D eigenvalue weighted by molar-refractivity contribution is -0.125. The smallest absolute Gasteiger partial charge is 0.262 e. The van der Waals surface area contributed by atoms with Crippen LogP contribution in [0.2, 0.25) is 0 Å². The fourth-order valence-corrected chi connectivity index (χ4v) is 3.36. The number of benzene rings is 2. The van der Waals surface area contributed by atoms with Crippen molar-refractivity contribution in [2.75, 3.05) is 19.7 Å². The average Bonchev–Trinajstić information content (AvgIpc) is 3.05. The van der Waals surface area contributed by atoms with E-state index in [1.165, 1.54) is 6.92 Å². The maximum Gasteiger partial charge on any atom is 0.262 e. The van der Waals surface area contributed by atoms with Crippen LogP contribution in [-0.2, 0) is 9.59 Å². The van der Waals surface area contributed by atoms with E-state index < -0.39 is 23.8 Å². The Bertz CT molecular complexity index is 968. The number of hydrogen-bond donors (Lipinski definition) is 2. The second kappa shape index (κ2) is 10.6. The first-order valence-electron chi connectivity index (χ1n) is 10.6. The molecule has 2 aromatic rings. The van der Waals surface area contributed by atoms with Gasteiger partial charge in [-0.05, 0) is 44.5 Å². The van der Waals surface area contributed by atoms with Crippen LogP contribution >= 0.6 is 0 Å². The van der Waals surface area contributed by atoms with Crippen LogP contribution in [0.4, 0.5) is 0 Å². The Morgan fingerprint density at radius 2 is 1.53 bits per heavy atom. The molecule has 0 bridgehead atoms. The van der Waals surface area contributed by atoms with Crippen LogP contribution in [0.5, 0.6) is 5.75 Å². The number of imide groups is 1. The SMILES string of the molecule is Cc1ccc(OCCCC(=O)NCCNC(=O)C(C)N2C(=O)c3ccccc3C2=O)cc1. The molecule has 2 aromatic carbocycles. The second-order valence-corrected chi connectivity index (χ2v) is 7.61. The molecule has 0 aliphatic carbocycles. The minimum Gasteiger partial charge on any atom is -0.494 e. The summed E-state index contributed by atoms with van der Waals surface area (Å²) in [6, 6.07) is 13.3. The van der Waals surface area contributed by atoms with E-state index in [0.717, 1.165) is 16.2 Å². The third kappa shape index (κ3) is 5.51. The molecule has 32 heavy (non-hydrogen) atoms. The van der Waals surface area contributed by atoms with Crippen molar-refractivity contribution >= 4 is 23.6 Å². The van der Waals surface area contributed by atoms with Crippen LogP contribution in [0.1, 0.15) is 46.0 Å². The first-order chi connectivity index (χ1) is 15.4. The van der Waals surface area contributed by atoms with Gasteiger partial charge in [-0.25, -0.2) is 0 Å². The second-order valence-electron chi connectivity index (χ2n) is 7.61. The maximum atomic E-state index is 12.5. The zero-order chi connectivity index (χ0) is 23.1. The molecule has 2 N–H and O–H groups in total. The Balaban J connectivity index is 1.32. The summed E-state index contributed by atoms with van der Waals surface area (Å²) in [7, 11) is 0. The van der Waals surface area contributed by atoms with Gasteiger partial charge in [0.15, 0.2) is 0 Å². The van der Waals surface area contributed by atoms with E-state index in [1.807, 2.05) is 31.2 Å². The van der Waals surface area contributed by atoms with Crippen molar-refractivity contribution in [2.24, 2.45) is 0 Å². The quantitative estimate of drug-likeness (QED) is 0.437. The number of hydrogen-bond acceptors (Lipinski definition) is 5. The Morgan fingerprint density at radius 3 is 2.16 bits per heavy atom. The van der Waals surface area contributed by atoms with E-state index in [9.17, 15) is 19.2 Å². The molecule has 1 aliphatic rings. The maximum absolute atomic E-state index is 12.5. The third-order valence-corrected chi connectivity index (χ3v) is 5.18. The van der Waals surface area contributed by atoms with Gasteiger partial charge in [0.1, 0.15) is 11.8 Å². The average molecular weight is 437 g/mol. The molecule has 0 saturated carbocycles. The molecule has 0 spiro atoms. The summed E-state index contributed by atoms with van der Waals surface area (Å²) in [6.07, 6.45) is 0.883. The number of ether oxygens (including phenoxy) is 1. The number of carbonyl (C=O) groups is 4. The molecular formula is C24H27N3O5. The largest absolute Gasteiger partial charge is 0.494 e. The number of fused-ring (bicyclic) bond motifs is 1. The summed E-state index contributed by atoms with van der Waals surface area (Å²) in [5.41, 5.74) is 1.76. The Kier molecular flexibility index (Phi) is 7.59. The summed E-state index contributed by atoms with van der Waals surface area (Å²) in [5, 5.41) is 5.38. The van der Waals surface area contributed by atoms with E-state index in [4.69, 9.17) is 4.74 Å². The van der Waals surface area contributed by atoms with E-state index in [-0.39, 0.29) is 19.0 Å². The predicted molar refractivity (Wildman–Crippen MR) is 118 cm³/mol. The normalized spacial score (nSPS) is 13.5. The highest BCUT2D eigenvalue weighted by Gasteiger charge is 2.40. The molecule has 4 amide bonds. The highest BCUT2D eigenvalue weighted by molar-refractivity contribution is 6.22. The van der Waals surface area contributed by atoms with Gasteiger partial charge in [0, 0.05) is 19.5 Å². The van der Waals surface area contributed by atoms with Crippen LogP contribution in [-0.4, -0.2) is 54.3 Å². The highest BCUT2D eigenvalue weighted by atomic mass is 16.5. The first kappa shape index (κ1) is 23.0. The molecule has 3 rings (SSSR count). The molecule has 8 nitrogen and oxygen atoms in total. The molecule has 0 aromatic heterocycles. The van der Waals surface area contributed by atoms with Gasteiger partial charge < -0.3 is 15.4 Å². The van der Waals surface area contributed by atoms with Crippen molar-refractivity contribution in [1.82, 2.24) is 15.5 Å². The van der Waals surface area contributed by atoms with Crippen molar-refractivity contribution in [3.05, 3.63) is 65.2 Å². The van der Waals surface area contributed by atoms with Gasteiger partial charge in [0.25, 0.3) is 11.8 Å². The standard InChI is InChI=1S/C24H27N3O5/c1-16-9-11-18(12-10-16)32-15-5-8-21(28)25-13-14-26-22(29)17(2)27-23(30)19-6-3-4-7-20(19)24(27)31/h3-4,6-7,9-12,17H,5,8,13-15H2,1-2H3,(H,25,28)(H,26,29). The molecule has 1 atom stereocenters. The van der Waals surface area contributed by atoms with Crippen molar-refractivity contribution < 1.29 is 23.9 Å². The van der Waals surface area contributed by atoms with Gasteiger partial charge in [-0.1, -0.05) is 29.8 Å². The molecule has 0 saturated heterocycles. The summed E-state index contributed by atoms with van der Waals surface area (Å²) in [4.78, 5) is 50.2. The van der Waals surface area contributed by atoms with Crippen molar-refractivity contribution in [3.8, 4) is 5.75 Å². The Labute approximate surface area is 186 Å². The molecule has 168 valence electrons. The number of rotatable bonds is 10. The van der Waals surface area contributed by atoms with Crippen molar-refractivity contribution in [1.29, 1.82) is 0 Å². The minimum atomic E-state index is -0.947. The number of nitrogens with one attached hydrogen (secondary N) is 2. The fourth-order valence-electron chi connectivity index (χ4n) is 3.36. The predicted octanol–water partition coefficient (Wildman–Crippen LogP) is 2.07. The number of amides is 4. The van der Waals surface area contributed by atoms with Crippen molar-refractivity contribution in [2.45, 2.75) is 32.7 Å². The monoisotopic (exact) mass is 437 g/mol. The molecular weight excluding hydrogens is 410 g/mol. The minimum absolute atomic E-state index is 0.139. The van der Waals surface area contributed by atoms with Crippen LogP contribution in [0.15, 0.2) is 48.5 Å². The Hall–Kier alpha value is -3.68. The summed E-state index contributed by atoms with van der Waals surface area (Å²) in [6.45, 7) is 4.38. The molecule has 0 fully saturated rings. The number of nitrogens with zero attached hydrogens (tertiary/aromatic N) is 1. The molecule has 0 radical (unpaired) electrons. The van der Waals surface area contributed by atoms with Crippen molar-refractivity contribution in [3.63, 3.8) is 0 Å². The van der Waals surface area contributed by atoms with Crippen LogP contribution in [0.3, 0.4) is 0 Å². The zero-order valence-electron chi connectivity index (χ0n) is 18.2. The third-order valence-electron chi connectivity index (χ3n) is 5.18. The fraction of sp³-hybridized carbons (Fsp3) is 0.333. The lowest BCUT2D eigenvalue weighted by atomic mass is 10.1. The molecule has 1 aliphatic heterocycles. The summed E-state index contributed by atoms with van der Waals surface area (Å²) in [5.74, 6) is -0.782. The van der Waals surface area contributed by atoms with Crippen LogP contribution in [0, 0.1) is 6.92 Å². The topological polar surface area (TPSA) is 105 Å². The molecule has 1 unspecified atom stereocenters. The highest BCUT2D eigenvalue weighted by Crippen LogP contribution is 2.24. The molecule has 1 heterocycles. The first-order valence-corrected chi connectivity index (χ1v) is 10.6. The van der Waals surface area contributed by atoms with Crippen LogP contribution in [0.25, 0.3) is 0 Å². The van der Waals surface area contributed by atoms with Gasteiger partial charge >= 0.3 is 0 Å². The van der Waals surface area contributed by atoms with Gasteiger partial charge in [0.05, 0.1) is 17.7 Å². The van der Waals surface area contributed by atoms with Gasteiger partial charge in [-0.3, -0.25) is 24.1 Å². The van der Waals surface area contributed by atoms with Gasteiger partial charge in [-0.2, -0.15) is 0 Å². The number of carbonyl (C=O) groups excluding carboxylic acids is 4. The van der Waals surface area contributed by atoms with E-state index in [2.05, 4.69) is 10.6 Å². The summed E-state index contributed by atoms with van der Waals surface area (Å²) < 4.78 is 5.59. The summed E-state index contributed by atoms with van der Waals surface area (Å²) >= 11 is 0. The van der Waals surface area contributed by atoms with Gasteiger partial charge in [0.2, 0.25) is 11.8 Å². The van der Waals surface area contributed by atoms with E-state index in [0.29, 0.717) is 30.6 Å². The van der Waals surface area contributed by atoms with E-state index in [1.54, 1.807) is 24.3 Å². The van der Waals surface area contributed by atoms with E-state index >= 15 is 0 Å². The Morgan fingerprint density at radius 1 is 0.938 bits per heavy atom. The lowest BCUT2D eigenvalue weighted by Gasteiger charge is -2.21.